The number of carbonyl (C=O) groups excluding carboxylic acids is 1. The standard InChI is InChI=1S/C10H16N2O2/c1-5-10(2,14-4)8(13)9-11-6-7-12(9)3/h6-7H,5H2,1-4H3. The van der Waals surface area contributed by atoms with E-state index >= 15 is 0 Å². The first-order valence-electron chi connectivity index (χ1n) is 4.62. The topological polar surface area (TPSA) is 44.1 Å². The lowest BCUT2D eigenvalue weighted by molar-refractivity contribution is 0.00943. The van der Waals surface area contributed by atoms with Gasteiger partial charge in [0.15, 0.2) is 5.82 Å². The predicted molar refractivity (Wildman–Crippen MR) is 53.2 cm³/mol. The smallest absolute Gasteiger partial charge is 0.229 e. The first-order valence-corrected chi connectivity index (χ1v) is 4.62. The molecule has 0 N–H and O–H groups in total. The third-order valence-electron chi connectivity index (χ3n) is 2.63. The Hall–Kier alpha value is -1.16. The summed E-state index contributed by atoms with van der Waals surface area (Å²) in [5.74, 6) is 0.367. The number of nitrogens with zero attached hydrogens (tertiary/aromatic N) is 2. The molecule has 0 spiro atoms. The van der Waals surface area contributed by atoms with Gasteiger partial charge in [0.2, 0.25) is 5.78 Å². The van der Waals surface area contributed by atoms with Crippen LogP contribution in [0.25, 0.3) is 0 Å². The number of rotatable bonds is 4. The van der Waals surface area contributed by atoms with Gasteiger partial charge in [-0.2, -0.15) is 0 Å². The molecular formula is C10H16N2O2. The Kier molecular flexibility index (Phi) is 3.06. The summed E-state index contributed by atoms with van der Waals surface area (Å²) in [6, 6.07) is 0. The van der Waals surface area contributed by atoms with E-state index in [0.29, 0.717) is 12.2 Å². The van der Waals surface area contributed by atoms with Gasteiger partial charge in [-0.15, -0.1) is 0 Å². The number of aryl methyl sites for hydroxylation is 1. The SMILES string of the molecule is CCC(C)(OC)C(=O)c1nccn1C. The van der Waals surface area contributed by atoms with Crippen LogP contribution in [0.4, 0.5) is 0 Å². The highest BCUT2D eigenvalue weighted by Gasteiger charge is 2.34. The van der Waals surface area contributed by atoms with Crippen LogP contribution in [0.2, 0.25) is 0 Å². The van der Waals surface area contributed by atoms with Gasteiger partial charge in [0.1, 0.15) is 5.60 Å². The van der Waals surface area contributed by atoms with Crippen LogP contribution in [-0.4, -0.2) is 28.0 Å². The van der Waals surface area contributed by atoms with Crippen molar-refractivity contribution in [3.63, 3.8) is 0 Å². The van der Waals surface area contributed by atoms with Crippen LogP contribution in [-0.2, 0) is 11.8 Å². The van der Waals surface area contributed by atoms with Gasteiger partial charge >= 0.3 is 0 Å². The van der Waals surface area contributed by atoms with Crippen LogP contribution in [0.15, 0.2) is 12.4 Å². The summed E-state index contributed by atoms with van der Waals surface area (Å²) in [7, 11) is 3.34. The van der Waals surface area contributed by atoms with E-state index in [1.54, 1.807) is 38.0 Å². The third-order valence-corrected chi connectivity index (χ3v) is 2.63. The molecule has 0 fully saturated rings. The predicted octanol–water partition coefficient (Wildman–Crippen LogP) is 1.42. The molecule has 0 saturated heterocycles. The number of hydrogen-bond donors (Lipinski definition) is 0. The number of hydrogen-bond acceptors (Lipinski definition) is 3. The number of carbonyl (C=O) groups is 1. The Morgan fingerprint density at radius 3 is 2.71 bits per heavy atom. The van der Waals surface area contributed by atoms with Gasteiger partial charge in [0.05, 0.1) is 0 Å². The Morgan fingerprint density at radius 1 is 1.71 bits per heavy atom. The summed E-state index contributed by atoms with van der Waals surface area (Å²) in [6.07, 6.45) is 3.99. The Morgan fingerprint density at radius 2 is 2.36 bits per heavy atom. The van der Waals surface area contributed by atoms with E-state index in [1.165, 1.54) is 0 Å². The molecule has 1 aromatic heterocycles. The van der Waals surface area contributed by atoms with Gasteiger partial charge in [0.25, 0.3) is 0 Å². The highest BCUT2D eigenvalue weighted by atomic mass is 16.5. The number of Topliss-reactive ketones (excluding diaryl/α,β-unsaturated/α-hetero) is 1. The Bertz CT molecular complexity index is 327. The lowest BCUT2D eigenvalue weighted by Crippen LogP contribution is -2.38. The summed E-state index contributed by atoms with van der Waals surface area (Å²) in [5, 5.41) is 0. The molecule has 0 radical (unpaired) electrons. The maximum absolute atomic E-state index is 12.0. The van der Waals surface area contributed by atoms with E-state index in [2.05, 4.69) is 4.98 Å². The molecule has 1 rings (SSSR count). The van der Waals surface area contributed by atoms with Crippen molar-refractivity contribution in [1.29, 1.82) is 0 Å². The van der Waals surface area contributed by atoms with E-state index < -0.39 is 5.60 Å². The largest absolute Gasteiger partial charge is 0.370 e. The quantitative estimate of drug-likeness (QED) is 0.684. The van der Waals surface area contributed by atoms with E-state index in [0.717, 1.165) is 0 Å². The number of ketones is 1. The van der Waals surface area contributed by atoms with Crippen LogP contribution in [0.5, 0.6) is 0 Å². The zero-order valence-electron chi connectivity index (χ0n) is 9.07. The maximum atomic E-state index is 12.0. The fourth-order valence-electron chi connectivity index (χ4n) is 1.22. The van der Waals surface area contributed by atoms with Crippen LogP contribution in [0, 0.1) is 0 Å². The van der Waals surface area contributed by atoms with Crippen LogP contribution < -0.4 is 0 Å². The third kappa shape index (κ3) is 1.70. The zero-order chi connectivity index (χ0) is 10.8. The van der Waals surface area contributed by atoms with Crippen LogP contribution in [0.1, 0.15) is 30.9 Å². The molecule has 0 bridgehead atoms. The molecule has 4 heteroatoms. The first kappa shape index (κ1) is 10.9. The van der Waals surface area contributed by atoms with E-state index in [-0.39, 0.29) is 5.78 Å². The monoisotopic (exact) mass is 196 g/mol. The molecule has 0 amide bonds. The van der Waals surface area contributed by atoms with Gasteiger partial charge in [-0.05, 0) is 13.3 Å². The molecule has 0 saturated carbocycles. The van der Waals surface area contributed by atoms with Crippen LogP contribution in [0.3, 0.4) is 0 Å². The van der Waals surface area contributed by atoms with Crippen LogP contribution >= 0.6 is 0 Å². The zero-order valence-corrected chi connectivity index (χ0v) is 9.07. The van der Waals surface area contributed by atoms with Gasteiger partial charge in [-0.25, -0.2) is 4.98 Å². The second kappa shape index (κ2) is 3.92. The van der Waals surface area contributed by atoms with E-state index in [4.69, 9.17) is 4.74 Å². The number of methoxy groups -OCH3 is 1. The second-order valence-corrected chi connectivity index (χ2v) is 3.48. The fourth-order valence-corrected chi connectivity index (χ4v) is 1.22. The molecule has 4 nitrogen and oxygen atoms in total. The van der Waals surface area contributed by atoms with Crippen molar-refractivity contribution in [3.05, 3.63) is 18.2 Å². The van der Waals surface area contributed by atoms with Crippen molar-refractivity contribution < 1.29 is 9.53 Å². The molecular weight excluding hydrogens is 180 g/mol. The molecule has 14 heavy (non-hydrogen) atoms. The lowest BCUT2D eigenvalue weighted by Gasteiger charge is -2.24. The Labute approximate surface area is 83.9 Å². The van der Waals surface area contributed by atoms with Gasteiger partial charge in [-0.3, -0.25) is 4.79 Å². The highest BCUT2D eigenvalue weighted by Crippen LogP contribution is 2.19. The van der Waals surface area contributed by atoms with E-state index in [9.17, 15) is 4.79 Å². The average molecular weight is 196 g/mol. The molecule has 0 aliphatic heterocycles. The minimum atomic E-state index is -0.765. The lowest BCUT2D eigenvalue weighted by atomic mass is 9.97. The van der Waals surface area contributed by atoms with Gasteiger partial charge < -0.3 is 9.30 Å². The molecule has 0 aliphatic rings. The maximum Gasteiger partial charge on any atom is 0.229 e. The minimum Gasteiger partial charge on any atom is -0.370 e. The van der Waals surface area contributed by atoms with Crippen molar-refractivity contribution in [2.24, 2.45) is 7.05 Å². The summed E-state index contributed by atoms with van der Waals surface area (Å²) in [4.78, 5) is 16.0. The van der Waals surface area contributed by atoms with Crippen molar-refractivity contribution >= 4 is 5.78 Å². The molecule has 0 aliphatic carbocycles. The highest BCUT2D eigenvalue weighted by molar-refractivity contribution is 5.99. The molecule has 1 atom stereocenters. The van der Waals surface area contributed by atoms with Crippen molar-refractivity contribution in [2.45, 2.75) is 25.9 Å². The van der Waals surface area contributed by atoms with E-state index in [1.807, 2.05) is 6.92 Å². The van der Waals surface area contributed by atoms with Crippen molar-refractivity contribution in [3.8, 4) is 0 Å². The Balaban J connectivity index is 3.01. The molecule has 1 aromatic rings. The number of aromatic nitrogens is 2. The average Bonchev–Trinajstić information content (AvgIpc) is 2.62. The summed E-state index contributed by atoms with van der Waals surface area (Å²) in [5.41, 5.74) is -0.765. The summed E-state index contributed by atoms with van der Waals surface area (Å²) >= 11 is 0. The van der Waals surface area contributed by atoms with Crippen molar-refractivity contribution in [2.75, 3.05) is 7.11 Å². The molecule has 1 unspecified atom stereocenters. The normalized spacial score (nSPS) is 15.1. The minimum absolute atomic E-state index is 0.0741. The van der Waals surface area contributed by atoms with Crippen molar-refractivity contribution in [1.82, 2.24) is 9.55 Å². The fraction of sp³-hybridized carbons (Fsp3) is 0.600. The molecule has 78 valence electrons. The molecule has 1 heterocycles. The summed E-state index contributed by atoms with van der Waals surface area (Å²) in [6.45, 7) is 3.70. The van der Waals surface area contributed by atoms with Gasteiger partial charge in [-0.1, -0.05) is 6.92 Å². The first-order chi connectivity index (χ1) is 6.55. The summed E-state index contributed by atoms with van der Waals surface area (Å²) < 4.78 is 6.93. The van der Waals surface area contributed by atoms with Gasteiger partial charge in [0, 0.05) is 26.6 Å². The second-order valence-electron chi connectivity index (χ2n) is 3.48. The number of ether oxygens (including phenoxy) is 1. The molecule has 0 aromatic carbocycles. The number of imidazole rings is 1.